The summed E-state index contributed by atoms with van der Waals surface area (Å²) >= 11 is 6.23. The molecule has 6 rings (SSSR count). The molecule has 3 aromatic carbocycles. The first-order chi connectivity index (χ1) is 17.5. The zero-order valence-corrected chi connectivity index (χ0v) is 19.4. The zero-order chi connectivity index (χ0) is 24.8. The molecular weight excluding hydrogens is 493 g/mol. The smallest absolute Gasteiger partial charge is 0.179 e. The van der Waals surface area contributed by atoms with Gasteiger partial charge in [0.2, 0.25) is 0 Å². The first-order valence-corrected chi connectivity index (χ1v) is 11.6. The van der Waals surface area contributed by atoms with Crippen molar-refractivity contribution >= 4 is 22.6 Å². The van der Waals surface area contributed by atoms with Gasteiger partial charge < -0.3 is 9.30 Å². The van der Waals surface area contributed by atoms with Gasteiger partial charge in [-0.25, -0.2) is 23.3 Å². The van der Waals surface area contributed by atoms with Crippen LogP contribution >= 0.6 is 11.6 Å². The lowest BCUT2D eigenvalue weighted by atomic mass is 10.1. The molecule has 0 unspecified atom stereocenters. The van der Waals surface area contributed by atoms with Crippen molar-refractivity contribution in [2.45, 2.75) is 19.4 Å². The maximum absolute atomic E-state index is 15.2. The van der Waals surface area contributed by atoms with Crippen LogP contribution in [0.15, 0.2) is 48.5 Å². The molecule has 11 heteroatoms. The number of fused-ring (bicyclic) bond motifs is 1. The summed E-state index contributed by atoms with van der Waals surface area (Å²) in [6.07, 6.45) is 2.21. The molecule has 0 spiro atoms. The van der Waals surface area contributed by atoms with Crippen molar-refractivity contribution in [3.05, 3.63) is 76.6 Å². The third-order valence-corrected chi connectivity index (χ3v) is 6.38. The number of halogens is 4. The topological polar surface area (TPSA) is 81.5 Å². The normalized spacial score (nSPS) is 13.4. The van der Waals surface area contributed by atoms with Gasteiger partial charge in [0, 0.05) is 28.3 Å². The predicted molar refractivity (Wildman–Crippen MR) is 127 cm³/mol. The van der Waals surface area contributed by atoms with E-state index in [0.717, 1.165) is 25.0 Å². The number of rotatable bonds is 7. The molecule has 1 aliphatic carbocycles. The van der Waals surface area contributed by atoms with Crippen LogP contribution in [0.3, 0.4) is 0 Å². The number of aromatic nitrogens is 6. The second kappa shape index (κ2) is 8.94. The molecule has 36 heavy (non-hydrogen) atoms. The van der Waals surface area contributed by atoms with Gasteiger partial charge in [-0.05, 0) is 53.5 Å². The van der Waals surface area contributed by atoms with E-state index in [0.29, 0.717) is 57.2 Å². The van der Waals surface area contributed by atoms with Crippen LogP contribution in [0.25, 0.3) is 33.8 Å². The number of ether oxygens (including phenoxy) is 1. The van der Waals surface area contributed by atoms with Gasteiger partial charge in [-0.2, -0.15) is 0 Å². The van der Waals surface area contributed by atoms with Gasteiger partial charge in [-0.1, -0.05) is 23.7 Å². The van der Waals surface area contributed by atoms with E-state index >= 15 is 4.39 Å². The number of nitrogens with one attached hydrogen (secondary N) is 1. The molecule has 0 saturated heterocycles. The van der Waals surface area contributed by atoms with Crippen molar-refractivity contribution in [2.24, 2.45) is 5.92 Å². The fourth-order valence-electron chi connectivity index (χ4n) is 4.05. The molecule has 1 saturated carbocycles. The molecule has 0 radical (unpaired) electrons. The summed E-state index contributed by atoms with van der Waals surface area (Å²) in [6.45, 7) is 0.534. The maximum atomic E-state index is 15.2. The molecule has 5 aromatic rings. The molecular formula is C25H18ClF3N6O. The van der Waals surface area contributed by atoms with Gasteiger partial charge in [-0.3, -0.25) is 0 Å². The number of hydrogen-bond donors (Lipinski definition) is 1. The highest BCUT2D eigenvalue weighted by molar-refractivity contribution is 6.30. The number of benzene rings is 3. The SMILES string of the molecule is Fc1cc2nc(-c3ccc(Cl)cc3OCC3CC3)n(Cc3ccc(-c4nnn[nH]4)cc3F)c2cc1F. The lowest BCUT2D eigenvalue weighted by molar-refractivity contribution is 0.301. The Labute approximate surface area is 207 Å². The van der Waals surface area contributed by atoms with E-state index in [1.54, 1.807) is 34.9 Å². The lowest BCUT2D eigenvalue weighted by Crippen LogP contribution is -2.07. The molecule has 182 valence electrons. The maximum Gasteiger partial charge on any atom is 0.179 e. The average Bonchev–Trinajstić information content (AvgIpc) is 3.41. The van der Waals surface area contributed by atoms with Gasteiger partial charge in [0.25, 0.3) is 0 Å². The minimum atomic E-state index is -1.02. The third kappa shape index (κ3) is 4.28. The van der Waals surface area contributed by atoms with Gasteiger partial charge >= 0.3 is 0 Å². The van der Waals surface area contributed by atoms with Gasteiger partial charge in [0.15, 0.2) is 17.5 Å². The summed E-state index contributed by atoms with van der Waals surface area (Å²) in [5.41, 5.74) is 1.91. The highest BCUT2D eigenvalue weighted by Crippen LogP contribution is 2.37. The van der Waals surface area contributed by atoms with E-state index in [4.69, 9.17) is 16.3 Å². The van der Waals surface area contributed by atoms with Crippen molar-refractivity contribution < 1.29 is 17.9 Å². The van der Waals surface area contributed by atoms with Crippen molar-refractivity contribution in [3.63, 3.8) is 0 Å². The Morgan fingerprint density at radius 1 is 1.00 bits per heavy atom. The number of H-pyrrole nitrogens is 1. The number of nitrogens with zero attached hydrogens (tertiary/aromatic N) is 5. The molecule has 7 nitrogen and oxygen atoms in total. The average molecular weight is 511 g/mol. The van der Waals surface area contributed by atoms with Crippen molar-refractivity contribution in [2.75, 3.05) is 6.61 Å². The fourth-order valence-corrected chi connectivity index (χ4v) is 4.21. The van der Waals surface area contributed by atoms with E-state index in [2.05, 4.69) is 25.6 Å². The standard InChI is InChI=1S/C25H18ClF3N6O/c26-16-5-6-17(23(8-16)36-12-13-1-2-13)25-30-21-9-19(28)20(29)10-22(21)35(25)11-15-4-3-14(7-18(15)27)24-31-33-34-32-24/h3-10,13H,1-2,11-12H2,(H,31,32,33,34). The third-order valence-electron chi connectivity index (χ3n) is 6.15. The first-order valence-electron chi connectivity index (χ1n) is 11.3. The van der Waals surface area contributed by atoms with Crippen molar-refractivity contribution in [3.8, 4) is 28.5 Å². The Morgan fingerprint density at radius 2 is 1.83 bits per heavy atom. The Hall–Kier alpha value is -3.92. The summed E-state index contributed by atoms with van der Waals surface area (Å²) in [6, 6.07) is 11.8. The molecule has 1 N–H and O–H groups in total. The number of tetrazole rings is 1. The zero-order valence-electron chi connectivity index (χ0n) is 18.7. The van der Waals surface area contributed by atoms with E-state index in [-0.39, 0.29) is 12.1 Å². The van der Waals surface area contributed by atoms with E-state index in [1.165, 1.54) is 6.07 Å². The lowest BCUT2D eigenvalue weighted by Gasteiger charge is -2.15. The first kappa shape index (κ1) is 22.5. The summed E-state index contributed by atoms with van der Waals surface area (Å²) in [5.74, 6) is -0.862. The summed E-state index contributed by atoms with van der Waals surface area (Å²) in [5, 5.41) is 13.9. The van der Waals surface area contributed by atoms with Crippen LogP contribution in [0, 0.1) is 23.4 Å². The monoisotopic (exact) mass is 510 g/mol. The Kier molecular flexibility index (Phi) is 5.60. The van der Waals surface area contributed by atoms with Crippen LogP contribution in [0.5, 0.6) is 5.75 Å². The molecule has 0 amide bonds. The van der Waals surface area contributed by atoms with E-state index < -0.39 is 17.5 Å². The largest absolute Gasteiger partial charge is 0.492 e. The van der Waals surface area contributed by atoms with Crippen molar-refractivity contribution in [1.29, 1.82) is 0 Å². The number of imidazole rings is 1. The van der Waals surface area contributed by atoms with E-state index in [9.17, 15) is 8.78 Å². The molecule has 1 fully saturated rings. The molecule has 0 atom stereocenters. The minimum absolute atomic E-state index is 0.00235. The number of hydrogen-bond acceptors (Lipinski definition) is 5. The Morgan fingerprint density at radius 3 is 2.58 bits per heavy atom. The second-order valence-electron chi connectivity index (χ2n) is 8.73. The van der Waals surface area contributed by atoms with E-state index in [1.807, 2.05) is 0 Å². The quantitative estimate of drug-likeness (QED) is 0.300. The van der Waals surface area contributed by atoms with Crippen LogP contribution in [-0.4, -0.2) is 36.8 Å². The Balaban J connectivity index is 1.47. The van der Waals surface area contributed by atoms with Crippen molar-refractivity contribution in [1.82, 2.24) is 30.2 Å². The van der Waals surface area contributed by atoms with Crippen LogP contribution < -0.4 is 4.74 Å². The second-order valence-corrected chi connectivity index (χ2v) is 9.16. The van der Waals surface area contributed by atoms with Crippen LogP contribution in [0.1, 0.15) is 18.4 Å². The fraction of sp³-hybridized carbons (Fsp3) is 0.200. The van der Waals surface area contributed by atoms with Gasteiger partial charge in [-0.15, -0.1) is 5.10 Å². The molecule has 0 aliphatic heterocycles. The summed E-state index contributed by atoms with van der Waals surface area (Å²) in [4.78, 5) is 4.58. The summed E-state index contributed by atoms with van der Waals surface area (Å²) < 4.78 is 51.2. The van der Waals surface area contributed by atoms with Crippen LogP contribution in [-0.2, 0) is 6.54 Å². The molecule has 2 aromatic heterocycles. The van der Waals surface area contributed by atoms with Crippen LogP contribution in [0.4, 0.5) is 13.2 Å². The predicted octanol–water partition coefficient (Wildman–Crippen LogP) is 5.79. The summed E-state index contributed by atoms with van der Waals surface area (Å²) in [7, 11) is 0. The minimum Gasteiger partial charge on any atom is -0.492 e. The highest BCUT2D eigenvalue weighted by atomic mass is 35.5. The molecule has 2 heterocycles. The number of aromatic amines is 1. The van der Waals surface area contributed by atoms with Crippen LogP contribution in [0.2, 0.25) is 5.02 Å². The molecule has 1 aliphatic rings. The van der Waals surface area contributed by atoms with Gasteiger partial charge in [0.05, 0.1) is 29.7 Å². The molecule has 0 bridgehead atoms. The Bertz CT molecular complexity index is 1580. The highest BCUT2D eigenvalue weighted by Gasteiger charge is 2.24. The van der Waals surface area contributed by atoms with Gasteiger partial charge in [0.1, 0.15) is 17.4 Å².